The van der Waals surface area contributed by atoms with E-state index in [0.29, 0.717) is 11.8 Å². The lowest BCUT2D eigenvalue weighted by Crippen LogP contribution is -2.17. The Balaban J connectivity index is 1.23. The third-order valence-corrected chi connectivity index (χ3v) is 10.0. The van der Waals surface area contributed by atoms with Gasteiger partial charge in [0.25, 0.3) is 0 Å². The Morgan fingerprint density at radius 3 is 1.12 bits per heavy atom. The van der Waals surface area contributed by atoms with Crippen LogP contribution in [0.3, 0.4) is 0 Å². The first-order valence-corrected chi connectivity index (χ1v) is 14.9. The molecule has 6 aromatic rings. The quantitative estimate of drug-likeness (QED) is 0.195. The maximum Gasteiger partial charge on any atom is 0.0211 e. The minimum absolute atomic E-state index is 0.401. The maximum absolute atomic E-state index is 2.47. The van der Waals surface area contributed by atoms with E-state index in [2.05, 4.69) is 146 Å². The third-order valence-electron chi connectivity index (χ3n) is 10.0. The number of hydrogen-bond donors (Lipinski definition) is 0. The standard InChI is InChI=1S/C42H26/c1-3-9-25(10-4-1)29-15-16-30(26-11-5-2-6-12-26)38-22-28-24-40-36-20-18-34-32-14-8-7-13-31(32)33-17-19-35(42(36)41(33)34)39(40)23-27(28)21-37(29)38/h1-24,41-42H. The van der Waals surface area contributed by atoms with E-state index in [1.54, 1.807) is 0 Å². The number of allylic oxidation sites excluding steroid dienone is 8. The van der Waals surface area contributed by atoms with Crippen LogP contribution in [0.2, 0.25) is 0 Å². The van der Waals surface area contributed by atoms with Crippen molar-refractivity contribution in [3.8, 4) is 22.3 Å². The molecule has 0 fully saturated rings. The topological polar surface area (TPSA) is 0 Å². The second kappa shape index (κ2) is 8.18. The predicted molar refractivity (Wildman–Crippen MR) is 178 cm³/mol. The third kappa shape index (κ3) is 2.91. The lowest BCUT2D eigenvalue weighted by molar-refractivity contribution is 0.758. The Morgan fingerprint density at radius 2 is 0.690 bits per heavy atom. The molecule has 0 radical (unpaired) electrons. The fourth-order valence-electron chi connectivity index (χ4n) is 8.20. The highest BCUT2D eigenvalue weighted by molar-refractivity contribution is 6.14. The lowest BCUT2D eigenvalue weighted by atomic mass is 9.72. The lowest BCUT2D eigenvalue weighted by Gasteiger charge is -2.30. The van der Waals surface area contributed by atoms with Crippen molar-refractivity contribution in [3.05, 3.63) is 168 Å². The molecule has 0 saturated heterocycles. The summed E-state index contributed by atoms with van der Waals surface area (Å²) < 4.78 is 0. The molecular formula is C42H26. The van der Waals surface area contributed by atoms with Gasteiger partial charge in [-0.25, -0.2) is 0 Å². The molecule has 4 aliphatic carbocycles. The fourth-order valence-corrected chi connectivity index (χ4v) is 8.20. The Morgan fingerprint density at radius 1 is 0.310 bits per heavy atom. The van der Waals surface area contributed by atoms with E-state index in [1.165, 1.54) is 88.3 Å². The van der Waals surface area contributed by atoms with Gasteiger partial charge in [0.05, 0.1) is 0 Å². The van der Waals surface area contributed by atoms with E-state index >= 15 is 0 Å². The molecule has 0 heterocycles. The molecule has 0 bridgehead atoms. The van der Waals surface area contributed by atoms with E-state index in [4.69, 9.17) is 0 Å². The molecule has 4 aliphatic rings. The highest BCUT2D eigenvalue weighted by Gasteiger charge is 2.47. The van der Waals surface area contributed by atoms with Gasteiger partial charge in [0.15, 0.2) is 0 Å². The zero-order valence-electron chi connectivity index (χ0n) is 23.0. The summed E-state index contributed by atoms with van der Waals surface area (Å²) in [6.07, 6.45) is 9.63. The van der Waals surface area contributed by atoms with Gasteiger partial charge >= 0.3 is 0 Å². The molecule has 194 valence electrons. The molecule has 0 spiro atoms. The SMILES string of the molecule is C1=C2c3ccccc3C3=CC=C4c5cc6cc7c(-c8ccccc8)ccc(-c8ccccc8)c7cc6cc5C(=C1)C4C23. The van der Waals surface area contributed by atoms with Crippen LogP contribution >= 0.6 is 0 Å². The molecule has 42 heavy (non-hydrogen) atoms. The van der Waals surface area contributed by atoms with Crippen molar-refractivity contribution in [2.75, 3.05) is 0 Å². The number of rotatable bonds is 2. The van der Waals surface area contributed by atoms with Gasteiger partial charge in [0.1, 0.15) is 0 Å². The van der Waals surface area contributed by atoms with Crippen LogP contribution in [-0.4, -0.2) is 0 Å². The molecule has 0 saturated carbocycles. The highest BCUT2D eigenvalue weighted by Crippen LogP contribution is 2.63. The van der Waals surface area contributed by atoms with Crippen molar-refractivity contribution >= 4 is 43.8 Å². The van der Waals surface area contributed by atoms with Gasteiger partial charge < -0.3 is 0 Å². The molecule has 10 rings (SSSR count). The predicted octanol–water partition coefficient (Wildman–Crippen LogP) is 10.8. The van der Waals surface area contributed by atoms with Crippen molar-refractivity contribution in [1.29, 1.82) is 0 Å². The molecular weight excluding hydrogens is 504 g/mol. The number of hydrogen-bond acceptors (Lipinski definition) is 0. The molecule has 0 unspecified atom stereocenters. The molecule has 0 N–H and O–H groups in total. The van der Waals surface area contributed by atoms with Gasteiger partial charge in [-0.1, -0.05) is 121 Å². The van der Waals surface area contributed by atoms with E-state index in [-0.39, 0.29) is 0 Å². The normalized spacial score (nSPS) is 19.0. The van der Waals surface area contributed by atoms with Crippen LogP contribution < -0.4 is 0 Å². The Kier molecular flexibility index (Phi) is 4.38. The minimum atomic E-state index is 0.401. The molecule has 0 atom stereocenters. The molecule has 6 aromatic carbocycles. The van der Waals surface area contributed by atoms with Gasteiger partial charge in [-0.3, -0.25) is 0 Å². The average molecular weight is 531 g/mol. The zero-order valence-corrected chi connectivity index (χ0v) is 23.0. The largest absolute Gasteiger partial charge is 0.0622 e. The van der Waals surface area contributed by atoms with Crippen LogP contribution in [-0.2, 0) is 0 Å². The summed E-state index contributed by atoms with van der Waals surface area (Å²) in [5, 5.41) is 5.22. The summed E-state index contributed by atoms with van der Waals surface area (Å²) in [5.41, 5.74) is 16.6. The van der Waals surface area contributed by atoms with Gasteiger partial charge in [0.2, 0.25) is 0 Å². The van der Waals surface area contributed by atoms with Gasteiger partial charge in [0, 0.05) is 11.8 Å². The first kappa shape index (κ1) is 22.5. The highest BCUT2D eigenvalue weighted by atomic mass is 14.5. The summed E-state index contributed by atoms with van der Waals surface area (Å²) in [5.74, 6) is 0.824. The second-order valence-electron chi connectivity index (χ2n) is 12.0. The Labute approximate surface area is 245 Å². The Bertz CT molecular complexity index is 2110. The van der Waals surface area contributed by atoms with Gasteiger partial charge in [-0.15, -0.1) is 0 Å². The second-order valence-corrected chi connectivity index (χ2v) is 12.0. The van der Waals surface area contributed by atoms with Crippen LogP contribution in [0.5, 0.6) is 0 Å². The van der Waals surface area contributed by atoms with Crippen LogP contribution in [0, 0.1) is 11.8 Å². The monoisotopic (exact) mass is 530 g/mol. The minimum Gasteiger partial charge on any atom is -0.0622 e. The Hall–Kier alpha value is -5.20. The average Bonchev–Trinajstić information content (AvgIpc) is 3.55. The van der Waals surface area contributed by atoms with Gasteiger partial charge in [-0.05, 0) is 113 Å². The smallest absolute Gasteiger partial charge is 0.0211 e. The van der Waals surface area contributed by atoms with E-state index in [9.17, 15) is 0 Å². The van der Waals surface area contributed by atoms with Gasteiger partial charge in [-0.2, -0.15) is 0 Å². The zero-order chi connectivity index (χ0) is 27.4. The van der Waals surface area contributed by atoms with E-state index < -0.39 is 0 Å². The molecule has 0 heteroatoms. The van der Waals surface area contributed by atoms with Crippen LogP contribution in [0.4, 0.5) is 0 Å². The summed E-state index contributed by atoms with van der Waals surface area (Å²) in [4.78, 5) is 0. The van der Waals surface area contributed by atoms with E-state index in [1.807, 2.05) is 0 Å². The summed E-state index contributed by atoms with van der Waals surface area (Å²) in [6.45, 7) is 0. The first-order chi connectivity index (χ1) is 20.8. The number of fused-ring (bicyclic) bond motifs is 8. The van der Waals surface area contributed by atoms with Crippen molar-refractivity contribution < 1.29 is 0 Å². The number of benzene rings is 6. The molecule has 0 aliphatic heterocycles. The summed E-state index contributed by atoms with van der Waals surface area (Å²) in [6, 6.07) is 45.0. The van der Waals surface area contributed by atoms with Crippen LogP contribution in [0.1, 0.15) is 22.3 Å². The first-order valence-electron chi connectivity index (χ1n) is 14.9. The van der Waals surface area contributed by atoms with Crippen molar-refractivity contribution in [3.63, 3.8) is 0 Å². The van der Waals surface area contributed by atoms with Crippen LogP contribution in [0.25, 0.3) is 66.1 Å². The van der Waals surface area contributed by atoms with Crippen LogP contribution in [0.15, 0.2) is 146 Å². The fraction of sp³-hybridized carbons (Fsp3) is 0.0476. The molecule has 0 amide bonds. The maximum atomic E-state index is 2.47. The van der Waals surface area contributed by atoms with E-state index in [0.717, 1.165) is 0 Å². The van der Waals surface area contributed by atoms with Crippen molar-refractivity contribution in [1.82, 2.24) is 0 Å². The molecule has 0 aromatic heterocycles. The van der Waals surface area contributed by atoms with Crippen molar-refractivity contribution in [2.24, 2.45) is 11.8 Å². The molecule has 0 nitrogen and oxygen atoms in total. The summed E-state index contributed by atoms with van der Waals surface area (Å²) in [7, 11) is 0. The summed E-state index contributed by atoms with van der Waals surface area (Å²) >= 11 is 0. The van der Waals surface area contributed by atoms with Crippen molar-refractivity contribution in [2.45, 2.75) is 0 Å².